The fourth-order valence-electron chi connectivity index (χ4n) is 2.76. The van der Waals surface area contributed by atoms with E-state index in [-0.39, 0.29) is 41.0 Å². The molecule has 1 aliphatic rings. The van der Waals surface area contributed by atoms with Gasteiger partial charge < -0.3 is 14.8 Å². The molecule has 1 aromatic rings. The molecule has 0 bridgehead atoms. The van der Waals surface area contributed by atoms with Gasteiger partial charge in [0.15, 0.2) is 0 Å². The number of carbonyl (C=O) groups excluding carboxylic acids is 3. The van der Waals surface area contributed by atoms with Crippen molar-refractivity contribution >= 4 is 29.3 Å². The lowest BCUT2D eigenvalue weighted by Crippen LogP contribution is -2.26. The van der Waals surface area contributed by atoms with Crippen LogP contribution in [0.1, 0.15) is 43.5 Å². The molecule has 140 valence electrons. The molecule has 0 saturated heterocycles. The second-order valence-electron chi connectivity index (χ2n) is 5.86. The number of rotatable bonds is 7. The Labute approximate surface area is 156 Å². The highest BCUT2D eigenvalue weighted by Gasteiger charge is 2.28. The topological polar surface area (TPSA) is 94.6 Å². The van der Waals surface area contributed by atoms with Crippen LogP contribution in [0.15, 0.2) is 30.1 Å². The lowest BCUT2D eigenvalue weighted by molar-refractivity contribution is -0.146. The monoisotopic (exact) mass is 380 g/mol. The Bertz CT molecular complexity index is 719. The minimum absolute atomic E-state index is 0.0130. The summed E-state index contributed by atoms with van der Waals surface area (Å²) < 4.78 is 10.2. The Morgan fingerprint density at radius 1 is 1.38 bits per heavy atom. The average Bonchev–Trinajstić information content (AvgIpc) is 3.02. The molecule has 0 aromatic carbocycles. The van der Waals surface area contributed by atoms with Gasteiger partial charge in [-0.3, -0.25) is 9.59 Å². The van der Waals surface area contributed by atoms with Gasteiger partial charge in [-0.05, 0) is 31.9 Å². The predicted molar refractivity (Wildman–Crippen MR) is 94.6 cm³/mol. The van der Waals surface area contributed by atoms with E-state index in [1.54, 1.807) is 13.0 Å². The summed E-state index contributed by atoms with van der Waals surface area (Å²) in [5.41, 5.74) is -0.0304. The van der Waals surface area contributed by atoms with Gasteiger partial charge in [0.1, 0.15) is 16.8 Å². The van der Waals surface area contributed by atoms with E-state index in [4.69, 9.17) is 21.1 Å². The van der Waals surface area contributed by atoms with E-state index in [1.165, 1.54) is 25.4 Å². The molecule has 1 heterocycles. The van der Waals surface area contributed by atoms with Crippen LogP contribution < -0.4 is 5.32 Å². The number of esters is 2. The highest BCUT2D eigenvalue weighted by molar-refractivity contribution is 6.35. The van der Waals surface area contributed by atoms with E-state index < -0.39 is 11.8 Å². The number of pyridine rings is 1. The predicted octanol–water partition coefficient (Wildman–Crippen LogP) is 2.44. The normalized spacial score (nSPS) is 19.7. The zero-order valence-electron chi connectivity index (χ0n) is 14.7. The van der Waals surface area contributed by atoms with Crippen LogP contribution >= 0.6 is 11.6 Å². The third-order valence-corrected chi connectivity index (χ3v) is 4.23. The van der Waals surface area contributed by atoms with E-state index in [1.807, 2.05) is 0 Å². The maximum absolute atomic E-state index is 12.7. The quantitative estimate of drug-likeness (QED) is 0.194. The van der Waals surface area contributed by atoms with Crippen molar-refractivity contribution in [3.8, 4) is 0 Å². The number of aromatic nitrogens is 1. The lowest BCUT2D eigenvalue weighted by Gasteiger charge is -2.13. The molecule has 1 N–H and O–H groups in total. The van der Waals surface area contributed by atoms with Crippen LogP contribution in [0.4, 0.5) is 0 Å². The number of hydrogen-bond acceptors (Lipinski definition) is 7. The van der Waals surface area contributed by atoms with Crippen LogP contribution in [0.25, 0.3) is 0 Å². The first-order valence-electron chi connectivity index (χ1n) is 8.38. The number of hydrogen-bond donors (Lipinski definition) is 1. The lowest BCUT2D eigenvalue weighted by atomic mass is 10.1. The standard InChI is InChI=1S/C18H21ClN2O5/c1-3-25-18(24)15(16(23)14-5-4-8-20-17(14)19)10-21-12-6-7-13(9-12)26-11(2)22/h4-5,8,10,12-13,21H,3,6-7,9H2,1-2H3/t12-,13-/m1/s1. The number of ether oxygens (including phenoxy) is 2. The van der Waals surface area contributed by atoms with Gasteiger partial charge in [-0.25, -0.2) is 9.78 Å². The minimum atomic E-state index is -0.737. The maximum Gasteiger partial charge on any atom is 0.343 e. The van der Waals surface area contributed by atoms with E-state index in [0.717, 1.165) is 12.8 Å². The first-order valence-corrected chi connectivity index (χ1v) is 8.76. The molecule has 8 heteroatoms. The van der Waals surface area contributed by atoms with E-state index in [0.29, 0.717) is 6.42 Å². The Balaban J connectivity index is 2.13. The SMILES string of the molecule is CCOC(=O)C(=CN[C@@H]1CC[C@@H](OC(C)=O)C1)C(=O)c1cccnc1Cl. The van der Waals surface area contributed by atoms with Crippen molar-refractivity contribution in [2.24, 2.45) is 0 Å². The Kier molecular flexibility index (Phi) is 7.15. The number of nitrogens with one attached hydrogen (secondary N) is 1. The molecule has 0 unspecified atom stereocenters. The summed E-state index contributed by atoms with van der Waals surface area (Å²) in [5.74, 6) is -1.62. The van der Waals surface area contributed by atoms with Crippen molar-refractivity contribution < 1.29 is 23.9 Å². The molecule has 26 heavy (non-hydrogen) atoms. The summed E-state index contributed by atoms with van der Waals surface area (Å²) in [6, 6.07) is 3.05. The minimum Gasteiger partial charge on any atom is -0.462 e. The summed E-state index contributed by atoms with van der Waals surface area (Å²) >= 11 is 5.96. The molecular weight excluding hydrogens is 360 g/mol. The highest BCUT2D eigenvalue weighted by Crippen LogP contribution is 2.23. The van der Waals surface area contributed by atoms with Gasteiger partial charge in [0.25, 0.3) is 0 Å². The average molecular weight is 381 g/mol. The molecule has 2 rings (SSSR count). The van der Waals surface area contributed by atoms with Crippen LogP contribution in [0, 0.1) is 0 Å². The highest BCUT2D eigenvalue weighted by atomic mass is 35.5. The van der Waals surface area contributed by atoms with Gasteiger partial charge in [-0.1, -0.05) is 11.6 Å². The van der Waals surface area contributed by atoms with Crippen molar-refractivity contribution in [1.82, 2.24) is 10.3 Å². The van der Waals surface area contributed by atoms with Crippen molar-refractivity contribution in [3.63, 3.8) is 0 Å². The van der Waals surface area contributed by atoms with Gasteiger partial charge in [-0.2, -0.15) is 0 Å². The molecule has 0 radical (unpaired) electrons. The van der Waals surface area contributed by atoms with Crippen LogP contribution in [0.2, 0.25) is 5.15 Å². The molecule has 1 aliphatic carbocycles. The number of nitrogens with zero attached hydrogens (tertiary/aromatic N) is 1. The second-order valence-corrected chi connectivity index (χ2v) is 6.22. The van der Waals surface area contributed by atoms with Crippen LogP contribution in [0.3, 0.4) is 0 Å². The van der Waals surface area contributed by atoms with Gasteiger partial charge in [0.2, 0.25) is 5.78 Å². The first-order chi connectivity index (χ1) is 12.4. The molecule has 1 aromatic heterocycles. The Hall–Kier alpha value is -2.41. The van der Waals surface area contributed by atoms with Crippen molar-refractivity contribution in [2.45, 2.75) is 45.3 Å². The first kappa shape index (κ1) is 19.9. The van der Waals surface area contributed by atoms with Crippen molar-refractivity contribution in [2.75, 3.05) is 6.61 Å². The van der Waals surface area contributed by atoms with Crippen LogP contribution in [-0.4, -0.2) is 41.5 Å². The smallest absolute Gasteiger partial charge is 0.343 e. The zero-order valence-corrected chi connectivity index (χ0v) is 15.4. The molecule has 0 amide bonds. The molecule has 0 spiro atoms. The summed E-state index contributed by atoms with van der Waals surface area (Å²) in [6.45, 7) is 3.17. The molecule has 0 aliphatic heterocycles. The fraction of sp³-hybridized carbons (Fsp3) is 0.444. The number of carbonyl (C=O) groups is 3. The molecule has 2 atom stereocenters. The molecule has 7 nitrogen and oxygen atoms in total. The summed E-state index contributed by atoms with van der Waals surface area (Å²) in [6.07, 6.45) is 4.74. The molecule has 1 fully saturated rings. The van der Waals surface area contributed by atoms with E-state index >= 15 is 0 Å². The Morgan fingerprint density at radius 2 is 2.15 bits per heavy atom. The summed E-state index contributed by atoms with van der Waals surface area (Å²) in [7, 11) is 0. The molecular formula is C18H21ClN2O5. The van der Waals surface area contributed by atoms with Gasteiger partial charge in [0, 0.05) is 31.8 Å². The number of ketones is 1. The number of Topliss-reactive ketones (excluding diaryl/α,β-unsaturated/α-hetero) is 1. The summed E-state index contributed by atoms with van der Waals surface area (Å²) in [4.78, 5) is 39.8. The van der Waals surface area contributed by atoms with Gasteiger partial charge in [-0.15, -0.1) is 0 Å². The molecule has 1 saturated carbocycles. The third-order valence-electron chi connectivity index (χ3n) is 3.92. The van der Waals surface area contributed by atoms with E-state index in [2.05, 4.69) is 10.3 Å². The van der Waals surface area contributed by atoms with Crippen LogP contribution in [-0.2, 0) is 19.1 Å². The van der Waals surface area contributed by atoms with Crippen molar-refractivity contribution in [3.05, 3.63) is 40.8 Å². The third kappa shape index (κ3) is 5.29. The maximum atomic E-state index is 12.7. The van der Waals surface area contributed by atoms with Crippen LogP contribution in [0.5, 0.6) is 0 Å². The van der Waals surface area contributed by atoms with Gasteiger partial charge >= 0.3 is 11.9 Å². The fourth-order valence-corrected chi connectivity index (χ4v) is 2.97. The number of halogens is 1. The summed E-state index contributed by atoms with van der Waals surface area (Å²) in [5, 5.41) is 3.07. The van der Waals surface area contributed by atoms with Crippen molar-refractivity contribution in [1.29, 1.82) is 0 Å². The van der Waals surface area contributed by atoms with Gasteiger partial charge in [0.05, 0.1) is 12.2 Å². The largest absolute Gasteiger partial charge is 0.462 e. The second kappa shape index (κ2) is 9.33. The zero-order chi connectivity index (χ0) is 19.1. The van der Waals surface area contributed by atoms with E-state index in [9.17, 15) is 14.4 Å². The Morgan fingerprint density at radius 3 is 2.81 bits per heavy atom.